The van der Waals surface area contributed by atoms with E-state index in [1.54, 1.807) is 0 Å². The molecule has 1 aliphatic heterocycles. The quantitative estimate of drug-likeness (QED) is 0.626. The third-order valence-electron chi connectivity index (χ3n) is 4.05. The van der Waals surface area contributed by atoms with Crippen LogP contribution in [0.15, 0.2) is 30.3 Å². The Bertz CT molecular complexity index is 533. The van der Waals surface area contributed by atoms with E-state index in [9.17, 15) is 9.59 Å². The summed E-state index contributed by atoms with van der Waals surface area (Å²) in [6, 6.07) is 9.83. The van der Waals surface area contributed by atoms with Gasteiger partial charge in [0.05, 0.1) is 16.8 Å². The number of benzene rings is 1. The molecule has 4 nitrogen and oxygen atoms in total. The molecule has 1 saturated carbocycles. The van der Waals surface area contributed by atoms with E-state index in [4.69, 9.17) is 4.74 Å². The lowest BCUT2D eigenvalue weighted by atomic mass is 10.1. The van der Waals surface area contributed by atoms with Gasteiger partial charge in [-0.25, -0.2) is 0 Å². The molecule has 2 bridgehead atoms. The fourth-order valence-corrected chi connectivity index (χ4v) is 4.29. The molecule has 0 aromatic heterocycles. The zero-order valence-corrected chi connectivity index (χ0v) is 12.7. The molecule has 1 amide bonds. The monoisotopic (exact) mass is 337 g/mol. The third-order valence-corrected chi connectivity index (χ3v) is 5.23. The number of ether oxygens (including phenoxy) is 1. The van der Waals surface area contributed by atoms with Gasteiger partial charge in [0.2, 0.25) is 5.91 Å². The first-order valence-corrected chi connectivity index (χ1v) is 7.65. The van der Waals surface area contributed by atoms with E-state index in [1.807, 2.05) is 35.2 Å². The van der Waals surface area contributed by atoms with Crippen LogP contribution in [0.3, 0.4) is 0 Å². The van der Waals surface area contributed by atoms with Crippen LogP contribution < -0.4 is 0 Å². The second-order valence-electron chi connectivity index (χ2n) is 5.38. The number of carbonyl (C=O) groups excluding carboxylic acids is 2. The molecular weight excluding hydrogens is 322 g/mol. The molecule has 20 heavy (non-hydrogen) atoms. The fraction of sp³-hybridized carbons (Fsp3) is 0.467. The molecule has 5 heteroatoms. The highest BCUT2D eigenvalue weighted by molar-refractivity contribution is 9.09. The second kappa shape index (κ2) is 5.20. The number of fused-ring (bicyclic) bond motifs is 2. The zero-order chi connectivity index (χ0) is 14.3. The van der Waals surface area contributed by atoms with Crippen LogP contribution >= 0.6 is 15.9 Å². The van der Waals surface area contributed by atoms with E-state index in [0.717, 1.165) is 5.56 Å². The maximum atomic E-state index is 12.4. The van der Waals surface area contributed by atoms with Crippen molar-refractivity contribution in [2.24, 2.45) is 5.92 Å². The van der Waals surface area contributed by atoms with Crippen LogP contribution in [-0.2, 0) is 20.9 Å². The number of carbonyl (C=O) groups is 2. The van der Waals surface area contributed by atoms with Gasteiger partial charge in [-0.3, -0.25) is 9.59 Å². The van der Waals surface area contributed by atoms with E-state index in [1.165, 1.54) is 6.92 Å². The van der Waals surface area contributed by atoms with Crippen molar-refractivity contribution in [3.8, 4) is 0 Å². The van der Waals surface area contributed by atoms with Gasteiger partial charge < -0.3 is 9.64 Å². The van der Waals surface area contributed by atoms with Crippen LogP contribution in [-0.4, -0.2) is 33.7 Å². The highest BCUT2D eigenvalue weighted by Crippen LogP contribution is 2.45. The van der Waals surface area contributed by atoms with Gasteiger partial charge in [0, 0.05) is 13.5 Å². The van der Waals surface area contributed by atoms with Crippen molar-refractivity contribution in [1.82, 2.24) is 4.90 Å². The Kier molecular flexibility index (Phi) is 3.54. The summed E-state index contributed by atoms with van der Waals surface area (Å²) in [6.45, 7) is 1.99. The Balaban J connectivity index is 1.80. The van der Waals surface area contributed by atoms with Crippen LogP contribution in [0.4, 0.5) is 0 Å². The Morgan fingerprint density at radius 3 is 2.70 bits per heavy atom. The van der Waals surface area contributed by atoms with E-state index in [2.05, 4.69) is 15.9 Å². The molecule has 1 heterocycles. The highest BCUT2D eigenvalue weighted by atomic mass is 79.9. The van der Waals surface area contributed by atoms with Gasteiger partial charge in [-0.15, -0.1) is 0 Å². The normalized spacial score (nSPS) is 31.7. The number of hydrogen-bond acceptors (Lipinski definition) is 3. The summed E-state index contributed by atoms with van der Waals surface area (Å²) in [6.07, 6.45) is 0.438. The lowest BCUT2D eigenvalue weighted by Crippen LogP contribution is -2.46. The van der Waals surface area contributed by atoms with Gasteiger partial charge in [-0.1, -0.05) is 46.3 Å². The van der Waals surface area contributed by atoms with Gasteiger partial charge in [0.25, 0.3) is 0 Å². The standard InChI is InChI=1S/C15H16BrNO3/c1-9(18)20-12-7-11-13(16)14(12)17(15(11)19)8-10-5-3-2-4-6-10/h2-6,11-14H,7-8H2,1H3/t11-,12-,13+,14+/m0/s1. The smallest absolute Gasteiger partial charge is 0.302 e. The first-order valence-electron chi connectivity index (χ1n) is 6.73. The van der Waals surface area contributed by atoms with Crippen molar-refractivity contribution in [1.29, 1.82) is 0 Å². The lowest BCUT2D eigenvalue weighted by Gasteiger charge is -2.32. The SMILES string of the molecule is CC(=O)O[C@H]1C[C@@H]2C(=O)N(Cc3ccccc3)[C@H]1[C@@H]2Br. The Morgan fingerprint density at radius 1 is 1.40 bits per heavy atom. The van der Waals surface area contributed by atoms with Crippen molar-refractivity contribution in [2.45, 2.75) is 36.9 Å². The van der Waals surface area contributed by atoms with E-state index >= 15 is 0 Å². The molecule has 1 saturated heterocycles. The molecule has 4 atom stereocenters. The minimum Gasteiger partial charge on any atom is -0.460 e. The summed E-state index contributed by atoms with van der Waals surface area (Å²) in [5.74, 6) is -0.202. The maximum absolute atomic E-state index is 12.4. The van der Waals surface area contributed by atoms with E-state index < -0.39 is 0 Å². The average Bonchev–Trinajstić information content (AvgIpc) is 2.82. The third kappa shape index (κ3) is 2.24. The van der Waals surface area contributed by atoms with Crippen molar-refractivity contribution in [3.05, 3.63) is 35.9 Å². The van der Waals surface area contributed by atoms with Crippen LogP contribution in [0.2, 0.25) is 0 Å². The molecule has 3 rings (SSSR count). The van der Waals surface area contributed by atoms with Gasteiger partial charge in [-0.2, -0.15) is 0 Å². The summed E-state index contributed by atoms with van der Waals surface area (Å²) in [7, 11) is 0. The number of piperidine rings is 1. The number of alkyl halides is 1. The van der Waals surface area contributed by atoms with E-state index in [0.29, 0.717) is 13.0 Å². The molecule has 0 radical (unpaired) electrons. The largest absolute Gasteiger partial charge is 0.460 e. The number of amides is 1. The topological polar surface area (TPSA) is 46.6 Å². The van der Waals surface area contributed by atoms with E-state index in [-0.39, 0.29) is 34.8 Å². The van der Waals surface area contributed by atoms with Crippen LogP contribution in [0.5, 0.6) is 0 Å². The molecule has 2 aliphatic rings. The number of halogens is 1. The summed E-state index contributed by atoms with van der Waals surface area (Å²) in [5, 5.41) is 0. The Labute approximate surface area is 126 Å². The molecule has 0 spiro atoms. The van der Waals surface area contributed by atoms with Gasteiger partial charge in [0.1, 0.15) is 6.10 Å². The Hall–Kier alpha value is -1.36. The molecule has 1 aliphatic carbocycles. The minimum atomic E-state index is -0.283. The summed E-state index contributed by atoms with van der Waals surface area (Å²) in [4.78, 5) is 25.5. The van der Waals surface area contributed by atoms with Crippen molar-refractivity contribution in [2.75, 3.05) is 0 Å². The lowest BCUT2D eigenvalue weighted by molar-refractivity contribution is -0.155. The minimum absolute atomic E-state index is 0.0587. The predicted molar refractivity (Wildman–Crippen MR) is 77.2 cm³/mol. The molecule has 106 valence electrons. The first kappa shape index (κ1) is 13.6. The van der Waals surface area contributed by atoms with Crippen molar-refractivity contribution in [3.63, 3.8) is 0 Å². The first-order chi connectivity index (χ1) is 9.58. The van der Waals surface area contributed by atoms with Crippen LogP contribution in [0.25, 0.3) is 0 Å². The molecule has 0 N–H and O–H groups in total. The average molecular weight is 338 g/mol. The summed E-state index contributed by atoms with van der Waals surface area (Å²) in [5.41, 5.74) is 1.09. The zero-order valence-electron chi connectivity index (χ0n) is 11.2. The molecule has 0 unspecified atom stereocenters. The van der Waals surface area contributed by atoms with Gasteiger partial charge >= 0.3 is 5.97 Å². The Morgan fingerprint density at radius 2 is 2.10 bits per heavy atom. The van der Waals surface area contributed by atoms with Crippen molar-refractivity contribution < 1.29 is 14.3 Å². The number of hydrogen-bond donors (Lipinski definition) is 0. The number of likely N-dealkylation sites (tertiary alicyclic amines) is 1. The molecule has 2 fully saturated rings. The van der Waals surface area contributed by atoms with Gasteiger partial charge in [-0.05, 0) is 12.0 Å². The summed E-state index contributed by atoms with van der Waals surface area (Å²) >= 11 is 3.60. The molecule has 1 aromatic rings. The van der Waals surface area contributed by atoms with Crippen molar-refractivity contribution >= 4 is 27.8 Å². The highest BCUT2D eigenvalue weighted by Gasteiger charge is 2.58. The summed E-state index contributed by atoms with van der Waals surface area (Å²) < 4.78 is 5.37. The molecule has 1 aromatic carbocycles. The number of esters is 1. The number of nitrogens with zero attached hydrogens (tertiary/aromatic N) is 1. The van der Waals surface area contributed by atoms with Gasteiger partial charge in [0.15, 0.2) is 0 Å². The molecular formula is C15H16BrNO3. The van der Waals surface area contributed by atoms with Crippen LogP contribution in [0.1, 0.15) is 18.9 Å². The second-order valence-corrected chi connectivity index (χ2v) is 6.43. The van der Waals surface area contributed by atoms with Crippen LogP contribution in [0, 0.1) is 5.92 Å². The fourth-order valence-electron chi connectivity index (χ4n) is 3.23. The number of rotatable bonds is 3. The maximum Gasteiger partial charge on any atom is 0.302 e. The predicted octanol–water partition coefficient (Wildman–Crippen LogP) is 2.11.